The van der Waals surface area contributed by atoms with E-state index in [9.17, 15) is 4.79 Å². The van der Waals surface area contributed by atoms with Crippen molar-refractivity contribution in [1.29, 1.82) is 5.26 Å². The van der Waals surface area contributed by atoms with Gasteiger partial charge in [-0.05, 0) is 48.9 Å². The largest absolute Gasteiger partial charge is 0.493 e. The Labute approximate surface area is 182 Å². The zero-order chi connectivity index (χ0) is 22.2. The first-order valence-electron chi connectivity index (χ1n) is 9.91. The van der Waals surface area contributed by atoms with E-state index in [0.717, 1.165) is 11.3 Å². The van der Waals surface area contributed by atoms with Crippen molar-refractivity contribution in [2.24, 2.45) is 0 Å². The number of ether oxygens (including phenoxy) is 2. The molecule has 0 saturated heterocycles. The third-order valence-corrected chi connectivity index (χ3v) is 4.77. The summed E-state index contributed by atoms with van der Waals surface area (Å²) in [6.07, 6.45) is 0. The van der Waals surface area contributed by atoms with Crippen molar-refractivity contribution in [2.45, 2.75) is 19.5 Å². The highest BCUT2D eigenvalue weighted by Gasteiger charge is 2.17. The molecular formula is C25H25N3O3. The Morgan fingerprint density at radius 2 is 1.77 bits per heavy atom. The summed E-state index contributed by atoms with van der Waals surface area (Å²) in [5, 5.41) is 12.2. The molecule has 0 aliphatic rings. The average molecular weight is 415 g/mol. The lowest BCUT2D eigenvalue weighted by molar-refractivity contribution is -0.130. The Hall–Kier alpha value is -3.98. The van der Waals surface area contributed by atoms with E-state index in [0.29, 0.717) is 29.4 Å². The number of carbonyl (C=O) groups excluding carboxylic acids is 1. The summed E-state index contributed by atoms with van der Waals surface area (Å²) in [6.45, 7) is 2.40. The Morgan fingerprint density at radius 1 is 1.06 bits per heavy atom. The predicted octanol–water partition coefficient (Wildman–Crippen LogP) is 4.82. The van der Waals surface area contributed by atoms with Crippen LogP contribution in [0.15, 0.2) is 72.8 Å². The minimum Gasteiger partial charge on any atom is -0.493 e. The second kappa shape index (κ2) is 10.2. The lowest BCUT2D eigenvalue weighted by Crippen LogP contribution is -2.38. The van der Waals surface area contributed by atoms with Gasteiger partial charge in [0.15, 0.2) is 11.5 Å². The van der Waals surface area contributed by atoms with Gasteiger partial charge < -0.3 is 19.7 Å². The van der Waals surface area contributed by atoms with Crippen molar-refractivity contribution in [3.8, 4) is 23.3 Å². The van der Waals surface area contributed by atoms with E-state index in [1.165, 1.54) is 7.11 Å². The number of carbonyl (C=O) groups is 1. The van der Waals surface area contributed by atoms with Gasteiger partial charge in [-0.3, -0.25) is 4.79 Å². The Kier molecular flexibility index (Phi) is 7.13. The lowest BCUT2D eigenvalue weighted by atomic mass is 10.2. The molecule has 3 aromatic rings. The van der Waals surface area contributed by atoms with Crippen molar-refractivity contribution < 1.29 is 14.3 Å². The molecule has 1 amide bonds. The maximum atomic E-state index is 12.7. The molecule has 0 aromatic heterocycles. The SMILES string of the molecule is COc1cc(C#N)ccc1Oc1ccc(NC(C)C(=O)N(C)Cc2ccccc2)cc1. The molecular weight excluding hydrogens is 390 g/mol. The third-order valence-electron chi connectivity index (χ3n) is 4.77. The van der Waals surface area contributed by atoms with Crippen molar-refractivity contribution in [2.75, 3.05) is 19.5 Å². The molecule has 1 N–H and O–H groups in total. The summed E-state index contributed by atoms with van der Waals surface area (Å²) in [7, 11) is 3.33. The monoisotopic (exact) mass is 415 g/mol. The third kappa shape index (κ3) is 5.77. The number of likely N-dealkylation sites (N-methyl/N-ethyl adjacent to an activating group) is 1. The molecule has 0 aliphatic heterocycles. The van der Waals surface area contributed by atoms with Gasteiger partial charge >= 0.3 is 0 Å². The molecule has 1 unspecified atom stereocenters. The highest BCUT2D eigenvalue weighted by Crippen LogP contribution is 2.32. The number of hydrogen-bond acceptors (Lipinski definition) is 5. The minimum absolute atomic E-state index is 0.00602. The fourth-order valence-electron chi connectivity index (χ4n) is 3.15. The maximum Gasteiger partial charge on any atom is 0.244 e. The van der Waals surface area contributed by atoms with Crippen molar-refractivity contribution in [1.82, 2.24) is 4.90 Å². The fourth-order valence-corrected chi connectivity index (χ4v) is 3.15. The van der Waals surface area contributed by atoms with E-state index >= 15 is 0 Å². The van der Waals surface area contributed by atoms with Gasteiger partial charge in [0.05, 0.1) is 18.7 Å². The van der Waals surface area contributed by atoms with Gasteiger partial charge in [-0.15, -0.1) is 0 Å². The highest BCUT2D eigenvalue weighted by atomic mass is 16.5. The molecule has 1 atom stereocenters. The van der Waals surface area contributed by atoms with Crippen LogP contribution >= 0.6 is 0 Å². The molecule has 0 saturated carbocycles. The first kappa shape index (κ1) is 21.7. The van der Waals surface area contributed by atoms with Gasteiger partial charge in [0, 0.05) is 25.3 Å². The summed E-state index contributed by atoms with van der Waals surface area (Å²) >= 11 is 0. The first-order valence-corrected chi connectivity index (χ1v) is 9.91. The number of amides is 1. The Bertz CT molecular complexity index is 1060. The van der Waals surface area contributed by atoms with Crippen LogP contribution in [0.2, 0.25) is 0 Å². The van der Waals surface area contributed by atoms with E-state index in [-0.39, 0.29) is 11.9 Å². The van der Waals surface area contributed by atoms with Crippen LogP contribution in [0.3, 0.4) is 0 Å². The van der Waals surface area contributed by atoms with Crippen LogP contribution in [-0.2, 0) is 11.3 Å². The molecule has 0 spiro atoms. The predicted molar refractivity (Wildman–Crippen MR) is 120 cm³/mol. The lowest BCUT2D eigenvalue weighted by Gasteiger charge is -2.23. The Balaban J connectivity index is 1.60. The summed E-state index contributed by atoms with van der Waals surface area (Å²) in [5.74, 6) is 1.63. The zero-order valence-corrected chi connectivity index (χ0v) is 17.8. The van der Waals surface area contributed by atoms with Crippen LogP contribution in [0, 0.1) is 11.3 Å². The first-order chi connectivity index (χ1) is 15.0. The average Bonchev–Trinajstić information content (AvgIpc) is 2.80. The second-order valence-electron chi connectivity index (χ2n) is 7.15. The van der Waals surface area contributed by atoms with Gasteiger partial charge in [0.1, 0.15) is 11.8 Å². The van der Waals surface area contributed by atoms with Crippen molar-refractivity contribution in [3.63, 3.8) is 0 Å². The van der Waals surface area contributed by atoms with Crippen LogP contribution in [0.1, 0.15) is 18.1 Å². The smallest absolute Gasteiger partial charge is 0.244 e. The van der Waals surface area contributed by atoms with Gasteiger partial charge in [-0.1, -0.05) is 30.3 Å². The highest BCUT2D eigenvalue weighted by molar-refractivity contribution is 5.84. The quantitative estimate of drug-likeness (QED) is 0.571. The Morgan fingerprint density at radius 3 is 2.42 bits per heavy atom. The number of nitrogens with one attached hydrogen (secondary N) is 1. The van der Waals surface area contributed by atoms with Crippen LogP contribution in [-0.4, -0.2) is 31.0 Å². The molecule has 6 nitrogen and oxygen atoms in total. The number of rotatable bonds is 8. The number of benzene rings is 3. The number of hydrogen-bond donors (Lipinski definition) is 1. The molecule has 0 heterocycles. The normalized spacial score (nSPS) is 11.2. The summed E-state index contributed by atoms with van der Waals surface area (Å²) in [6, 6.07) is 23.9. The standard InChI is InChI=1S/C25H25N3O3/c1-18(25(29)28(2)17-19-7-5-4-6-8-19)27-21-10-12-22(13-11-21)31-23-14-9-20(16-26)15-24(23)30-3/h4-15,18,27H,17H2,1-3H3. The van der Waals surface area contributed by atoms with Crippen LogP contribution in [0.5, 0.6) is 17.2 Å². The van der Waals surface area contributed by atoms with Crippen LogP contribution in [0.25, 0.3) is 0 Å². The number of nitriles is 1. The minimum atomic E-state index is -0.376. The van der Waals surface area contributed by atoms with Gasteiger partial charge in [-0.25, -0.2) is 0 Å². The summed E-state index contributed by atoms with van der Waals surface area (Å²) < 4.78 is 11.2. The van der Waals surface area contributed by atoms with Crippen LogP contribution < -0.4 is 14.8 Å². The molecule has 0 radical (unpaired) electrons. The van der Waals surface area contributed by atoms with Gasteiger partial charge in [-0.2, -0.15) is 5.26 Å². The molecule has 0 aliphatic carbocycles. The number of methoxy groups -OCH3 is 1. The maximum absolute atomic E-state index is 12.7. The zero-order valence-electron chi connectivity index (χ0n) is 17.8. The molecule has 158 valence electrons. The van der Waals surface area contributed by atoms with Gasteiger partial charge in [0.25, 0.3) is 0 Å². The van der Waals surface area contributed by atoms with Crippen molar-refractivity contribution >= 4 is 11.6 Å². The van der Waals surface area contributed by atoms with Crippen LogP contribution in [0.4, 0.5) is 5.69 Å². The van der Waals surface area contributed by atoms with Crippen molar-refractivity contribution in [3.05, 3.63) is 83.9 Å². The topological polar surface area (TPSA) is 74.6 Å². The summed E-state index contributed by atoms with van der Waals surface area (Å²) in [4.78, 5) is 14.4. The molecule has 0 bridgehead atoms. The van der Waals surface area contributed by atoms with E-state index in [2.05, 4.69) is 11.4 Å². The van der Waals surface area contributed by atoms with Gasteiger partial charge in [0.2, 0.25) is 5.91 Å². The molecule has 31 heavy (non-hydrogen) atoms. The van der Waals surface area contributed by atoms with E-state index in [1.54, 1.807) is 30.1 Å². The van der Waals surface area contributed by atoms with E-state index in [1.807, 2.05) is 61.5 Å². The molecule has 3 aromatic carbocycles. The molecule has 0 fully saturated rings. The molecule has 3 rings (SSSR count). The number of nitrogens with zero attached hydrogens (tertiary/aromatic N) is 2. The van der Waals surface area contributed by atoms with E-state index in [4.69, 9.17) is 14.7 Å². The fraction of sp³-hybridized carbons (Fsp3) is 0.200. The number of anilines is 1. The molecule has 6 heteroatoms. The van der Waals surface area contributed by atoms with E-state index < -0.39 is 0 Å². The second-order valence-corrected chi connectivity index (χ2v) is 7.15. The summed E-state index contributed by atoms with van der Waals surface area (Å²) in [5.41, 5.74) is 2.40.